The van der Waals surface area contributed by atoms with Crippen LogP contribution in [0.4, 0.5) is 0 Å². The van der Waals surface area contributed by atoms with Gasteiger partial charge in [-0.1, -0.05) is 24.3 Å². The highest BCUT2D eigenvalue weighted by Gasteiger charge is 2.19. The second kappa shape index (κ2) is 6.25. The van der Waals surface area contributed by atoms with Gasteiger partial charge < -0.3 is 15.1 Å². The van der Waals surface area contributed by atoms with E-state index in [4.69, 9.17) is 4.42 Å². The van der Waals surface area contributed by atoms with Crippen molar-refractivity contribution in [3.63, 3.8) is 0 Å². The number of benzene rings is 1. The molecule has 3 rings (SSSR count). The van der Waals surface area contributed by atoms with Crippen molar-refractivity contribution in [3.8, 4) is 0 Å². The molecule has 1 aromatic heterocycles. The highest BCUT2D eigenvalue weighted by Crippen LogP contribution is 2.23. The molecule has 0 saturated carbocycles. The summed E-state index contributed by atoms with van der Waals surface area (Å²) in [6.45, 7) is 5.27. The Balaban J connectivity index is 1.56. The summed E-state index contributed by atoms with van der Waals surface area (Å²) in [5.41, 5.74) is 2.92. The number of rotatable bonds is 5. The van der Waals surface area contributed by atoms with Gasteiger partial charge in [0.25, 0.3) is 0 Å². The third kappa shape index (κ3) is 3.11. The lowest BCUT2D eigenvalue weighted by Crippen LogP contribution is -2.38. The Labute approximate surface area is 120 Å². The van der Waals surface area contributed by atoms with Crippen LogP contribution in [0.25, 0.3) is 0 Å². The van der Waals surface area contributed by atoms with Crippen molar-refractivity contribution in [1.29, 1.82) is 0 Å². The SMILES string of the molecule is CC(Cc1ccco1)NCC1CNCc2ccccc21. The number of nitrogens with one attached hydrogen (secondary N) is 2. The van der Waals surface area contributed by atoms with Crippen LogP contribution in [-0.2, 0) is 13.0 Å². The lowest BCUT2D eigenvalue weighted by atomic mass is 9.90. The van der Waals surface area contributed by atoms with Crippen LogP contribution in [-0.4, -0.2) is 19.1 Å². The van der Waals surface area contributed by atoms with Crippen LogP contribution in [0, 0.1) is 0 Å². The van der Waals surface area contributed by atoms with Crippen molar-refractivity contribution >= 4 is 0 Å². The molecule has 0 radical (unpaired) electrons. The number of fused-ring (bicyclic) bond motifs is 1. The summed E-state index contributed by atoms with van der Waals surface area (Å²) in [5.74, 6) is 1.60. The molecule has 1 aromatic carbocycles. The van der Waals surface area contributed by atoms with E-state index in [1.807, 2.05) is 12.1 Å². The van der Waals surface area contributed by atoms with E-state index in [1.165, 1.54) is 11.1 Å². The average Bonchev–Trinajstić information content (AvgIpc) is 2.98. The second-order valence-corrected chi connectivity index (χ2v) is 5.62. The van der Waals surface area contributed by atoms with Crippen molar-refractivity contribution in [2.24, 2.45) is 0 Å². The zero-order valence-corrected chi connectivity index (χ0v) is 11.9. The third-order valence-electron chi connectivity index (χ3n) is 4.00. The van der Waals surface area contributed by atoms with Crippen LogP contribution in [0.3, 0.4) is 0 Å². The fourth-order valence-corrected chi connectivity index (χ4v) is 2.91. The van der Waals surface area contributed by atoms with Crippen LogP contribution >= 0.6 is 0 Å². The van der Waals surface area contributed by atoms with Crippen LogP contribution in [0.15, 0.2) is 47.1 Å². The van der Waals surface area contributed by atoms with Crippen LogP contribution in [0.2, 0.25) is 0 Å². The molecule has 0 bridgehead atoms. The molecule has 1 aliphatic rings. The second-order valence-electron chi connectivity index (χ2n) is 5.62. The molecule has 2 unspecified atom stereocenters. The van der Waals surface area contributed by atoms with Crippen molar-refractivity contribution in [2.75, 3.05) is 13.1 Å². The minimum Gasteiger partial charge on any atom is -0.469 e. The summed E-state index contributed by atoms with van der Waals surface area (Å²) in [4.78, 5) is 0. The lowest BCUT2D eigenvalue weighted by Gasteiger charge is -2.27. The van der Waals surface area contributed by atoms with Gasteiger partial charge in [0, 0.05) is 38.0 Å². The third-order valence-corrected chi connectivity index (χ3v) is 4.00. The molecule has 2 N–H and O–H groups in total. The molecule has 2 heterocycles. The van der Waals surface area contributed by atoms with E-state index in [2.05, 4.69) is 41.8 Å². The number of hydrogen-bond donors (Lipinski definition) is 2. The minimum atomic E-state index is 0.426. The summed E-state index contributed by atoms with van der Waals surface area (Å²) in [5, 5.41) is 7.13. The van der Waals surface area contributed by atoms with Gasteiger partial charge in [0.05, 0.1) is 6.26 Å². The molecule has 3 nitrogen and oxygen atoms in total. The first-order valence-electron chi connectivity index (χ1n) is 7.37. The van der Waals surface area contributed by atoms with E-state index in [-0.39, 0.29) is 0 Å². The minimum absolute atomic E-state index is 0.426. The van der Waals surface area contributed by atoms with Gasteiger partial charge in [-0.15, -0.1) is 0 Å². The molecule has 3 heteroatoms. The van der Waals surface area contributed by atoms with Gasteiger partial charge in [-0.2, -0.15) is 0 Å². The lowest BCUT2D eigenvalue weighted by molar-refractivity contribution is 0.431. The van der Waals surface area contributed by atoms with E-state index in [0.29, 0.717) is 12.0 Å². The van der Waals surface area contributed by atoms with E-state index in [0.717, 1.165) is 31.8 Å². The van der Waals surface area contributed by atoms with E-state index in [1.54, 1.807) is 6.26 Å². The van der Waals surface area contributed by atoms with E-state index < -0.39 is 0 Å². The highest BCUT2D eigenvalue weighted by atomic mass is 16.3. The van der Waals surface area contributed by atoms with Crippen molar-refractivity contribution in [1.82, 2.24) is 10.6 Å². The maximum absolute atomic E-state index is 5.40. The first-order valence-corrected chi connectivity index (χ1v) is 7.37. The van der Waals surface area contributed by atoms with Gasteiger partial charge in [-0.25, -0.2) is 0 Å². The topological polar surface area (TPSA) is 37.2 Å². The Morgan fingerprint density at radius 2 is 2.20 bits per heavy atom. The van der Waals surface area contributed by atoms with Gasteiger partial charge in [0.2, 0.25) is 0 Å². The van der Waals surface area contributed by atoms with Gasteiger partial charge in [0.15, 0.2) is 0 Å². The van der Waals surface area contributed by atoms with Gasteiger partial charge in [-0.05, 0) is 30.2 Å². The summed E-state index contributed by atoms with van der Waals surface area (Å²) >= 11 is 0. The maximum atomic E-state index is 5.40. The largest absolute Gasteiger partial charge is 0.469 e. The van der Waals surface area contributed by atoms with Gasteiger partial charge >= 0.3 is 0 Å². The Kier molecular flexibility index (Phi) is 4.19. The van der Waals surface area contributed by atoms with E-state index in [9.17, 15) is 0 Å². The summed E-state index contributed by atoms with van der Waals surface area (Å²) in [6, 6.07) is 13.2. The smallest absolute Gasteiger partial charge is 0.105 e. The van der Waals surface area contributed by atoms with E-state index >= 15 is 0 Å². The molecule has 1 aliphatic heterocycles. The van der Waals surface area contributed by atoms with Gasteiger partial charge in [0.1, 0.15) is 5.76 Å². The first kappa shape index (κ1) is 13.4. The Morgan fingerprint density at radius 3 is 3.05 bits per heavy atom. The molecule has 0 spiro atoms. The highest BCUT2D eigenvalue weighted by molar-refractivity contribution is 5.32. The molecular weight excluding hydrogens is 248 g/mol. The number of furan rings is 1. The molecule has 106 valence electrons. The zero-order valence-electron chi connectivity index (χ0n) is 11.9. The Hall–Kier alpha value is -1.58. The predicted molar refractivity (Wildman–Crippen MR) is 80.8 cm³/mol. The molecule has 20 heavy (non-hydrogen) atoms. The maximum Gasteiger partial charge on any atom is 0.105 e. The normalized spacial score (nSPS) is 19.6. The molecule has 2 aromatic rings. The molecule has 0 saturated heterocycles. The van der Waals surface area contributed by atoms with Crippen LogP contribution < -0.4 is 10.6 Å². The van der Waals surface area contributed by atoms with Crippen LogP contribution in [0.1, 0.15) is 29.7 Å². The molecular formula is C17H22N2O. The predicted octanol–water partition coefficient (Wildman–Crippen LogP) is 2.69. The van der Waals surface area contributed by atoms with Crippen LogP contribution in [0.5, 0.6) is 0 Å². The summed E-state index contributed by atoms with van der Waals surface area (Å²) < 4.78 is 5.40. The fourth-order valence-electron chi connectivity index (χ4n) is 2.91. The van der Waals surface area contributed by atoms with Crippen molar-refractivity contribution in [2.45, 2.75) is 31.8 Å². The summed E-state index contributed by atoms with van der Waals surface area (Å²) in [6.07, 6.45) is 2.68. The fraction of sp³-hybridized carbons (Fsp3) is 0.412. The molecule has 0 aliphatic carbocycles. The quantitative estimate of drug-likeness (QED) is 0.877. The zero-order chi connectivity index (χ0) is 13.8. The Morgan fingerprint density at radius 1 is 1.30 bits per heavy atom. The molecule has 0 amide bonds. The monoisotopic (exact) mass is 270 g/mol. The van der Waals surface area contributed by atoms with Crippen molar-refractivity contribution in [3.05, 3.63) is 59.5 Å². The average molecular weight is 270 g/mol. The summed E-state index contributed by atoms with van der Waals surface area (Å²) in [7, 11) is 0. The van der Waals surface area contributed by atoms with Crippen molar-refractivity contribution < 1.29 is 4.42 Å². The standard InChI is InChI=1S/C17H22N2O/c1-13(9-16-6-4-8-20-16)19-12-15-11-18-10-14-5-2-3-7-17(14)15/h2-8,13,15,18-19H,9-12H2,1H3. The molecule has 2 atom stereocenters. The Bertz CT molecular complexity index is 536. The number of hydrogen-bond acceptors (Lipinski definition) is 3. The molecule has 0 fully saturated rings. The first-order chi connectivity index (χ1) is 9.83. The van der Waals surface area contributed by atoms with Gasteiger partial charge in [-0.3, -0.25) is 0 Å².